The molecule has 0 spiro atoms. The Morgan fingerprint density at radius 2 is 1.72 bits per heavy atom. The van der Waals surface area contributed by atoms with Crippen molar-refractivity contribution in [1.82, 2.24) is 9.97 Å². The van der Waals surface area contributed by atoms with Crippen molar-refractivity contribution in [2.75, 3.05) is 7.11 Å². The van der Waals surface area contributed by atoms with Crippen LogP contribution < -0.4 is 0 Å². The molecule has 0 saturated carbocycles. The highest BCUT2D eigenvalue weighted by atomic mass is 32.2. The van der Waals surface area contributed by atoms with E-state index >= 15 is 0 Å². The SMILES string of the molecule is COS(=O)(=O)Cc1cnc(-c2ccccc2)nc1. The number of hydrogen-bond donors (Lipinski definition) is 0. The highest BCUT2D eigenvalue weighted by Gasteiger charge is 2.11. The van der Waals surface area contributed by atoms with Gasteiger partial charge in [0.05, 0.1) is 7.11 Å². The Hall–Kier alpha value is -1.79. The minimum absolute atomic E-state index is 0.224. The molecule has 6 heteroatoms. The van der Waals surface area contributed by atoms with Crippen molar-refractivity contribution in [1.29, 1.82) is 0 Å². The molecule has 1 aromatic carbocycles. The Labute approximate surface area is 106 Å². The second-order valence-electron chi connectivity index (χ2n) is 3.65. The normalized spacial score (nSPS) is 11.4. The molecule has 1 heterocycles. The highest BCUT2D eigenvalue weighted by Crippen LogP contribution is 2.14. The summed E-state index contributed by atoms with van der Waals surface area (Å²) in [6.45, 7) is 0. The van der Waals surface area contributed by atoms with E-state index in [0.29, 0.717) is 11.4 Å². The Morgan fingerprint density at radius 1 is 1.11 bits per heavy atom. The first kappa shape index (κ1) is 12.7. The van der Waals surface area contributed by atoms with Crippen molar-refractivity contribution in [3.8, 4) is 11.4 Å². The van der Waals surface area contributed by atoms with Crippen LogP contribution in [0.15, 0.2) is 42.7 Å². The fraction of sp³-hybridized carbons (Fsp3) is 0.167. The van der Waals surface area contributed by atoms with E-state index in [0.717, 1.165) is 12.7 Å². The first-order valence-corrected chi connectivity index (χ1v) is 6.83. The summed E-state index contributed by atoms with van der Waals surface area (Å²) in [6, 6.07) is 9.47. The van der Waals surface area contributed by atoms with Crippen LogP contribution in [0.1, 0.15) is 5.56 Å². The van der Waals surface area contributed by atoms with Gasteiger partial charge in [-0.05, 0) is 0 Å². The average molecular weight is 264 g/mol. The number of aromatic nitrogens is 2. The molecular weight excluding hydrogens is 252 g/mol. The van der Waals surface area contributed by atoms with Crippen molar-refractivity contribution < 1.29 is 12.6 Å². The van der Waals surface area contributed by atoms with Gasteiger partial charge in [-0.3, -0.25) is 4.18 Å². The van der Waals surface area contributed by atoms with Crippen LogP contribution in [0.3, 0.4) is 0 Å². The predicted octanol–water partition coefficient (Wildman–Crippen LogP) is 1.62. The van der Waals surface area contributed by atoms with Crippen LogP contribution in [0, 0.1) is 0 Å². The van der Waals surface area contributed by atoms with Crippen LogP contribution in [0.4, 0.5) is 0 Å². The molecule has 5 nitrogen and oxygen atoms in total. The van der Waals surface area contributed by atoms with Crippen LogP contribution in [-0.4, -0.2) is 25.5 Å². The third-order valence-electron chi connectivity index (χ3n) is 2.33. The van der Waals surface area contributed by atoms with Crippen molar-refractivity contribution in [2.45, 2.75) is 5.75 Å². The predicted molar refractivity (Wildman–Crippen MR) is 67.1 cm³/mol. The summed E-state index contributed by atoms with van der Waals surface area (Å²) < 4.78 is 26.9. The molecule has 0 N–H and O–H groups in total. The molecule has 18 heavy (non-hydrogen) atoms. The second-order valence-corrected chi connectivity index (χ2v) is 5.39. The van der Waals surface area contributed by atoms with Gasteiger partial charge in [0, 0.05) is 23.5 Å². The summed E-state index contributed by atoms with van der Waals surface area (Å²) in [5.41, 5.74) is 1.38. The molecule has 2 aromatic rings. The van der Waals surface area contributed by atoms with Gasteiger partial charge in [0.1, 0.15) is 5.75 Å². The smallest absolute Gasteiger partial charge is 0.271 e. The fourth-order valence-electron chi connectivity index (χ4n) is 1.43. The molecule has 0 aliphatic heterocycles. The van der Waals surface area contributed by atoms with Crippen LogP contribution in [0.5, 0.6) is 0 Å². The van der Waals surface area contributed by atoms with Gasteiger partial charge in [-0.2, -0.15) is 8.42 Å². The highest BCUT2D eigenvalue weighted by molar-refractivity contribution is 7.85. The molecule has 2 rings (SSSR count). The monoisotopic (exact) mass is 264 g/mol. The zero-order valence-corrected chi connectivity index (χ0v) is 10.6. The van der Waals surface area contributed by atoms with E-state index in [2.05, 4.69) is 14.2 Å². The standard InChI is InChI=1S/C12H12N2O3S/c1-17-18(15,16)9-10-7-13-12(14-8-10)11-5-3-2-4-6-11/h2-8H,9H2,1H3. The minimum Gasteiger partial charge on any atom is -0.273 e. The van der Waals surface area contributed by atoms with E-state index in [1.54, 1.807) is 0 Å². The molecule has 1 aromatic heterocycles. The van der Waals surface area contributed by atoms with Crippen molar-refractivity contribution in [2.24, 2.45) is 0 Å². The van der Waals surface area contributed by atoms with E-state index in [1.807, 2.05) is 30.3 Å². The quantitative estimate of drug-likeness (QED) is 0.785. The molecule has 0 amide bonds. The lowest BCUT2D eigenvalue weighted by Crippen LogP contribution is -2.06. The van der Waals surface area contributed by atoms with E-state index in [4.69, 9.17) is 0 Å². The van der Waals surface area contributed by atoms with Crippen LogP contribution >= 0.6 is 0 Å². The average Bonchev–Trinajstić information content (AvgIpc) is 2.40. The number of benzene rings is 1. The molecule has 0 bridgehead atoms. The molecule has 0 aliphatic rings. The first-order chi connectivity index (χ1) is 8.61. The maximum atomic E-state index is 11.2. The van der Waals surface area contributed by atoms with Gasteiger partial charge < -0.3 is 0 Å². The van der Waals surface area contributed by atoms with Crippen LogP contribution in [0.2, 0.25) is 0 Å². The van der Waals surface area contributed by atoms with Gasteiger partial charge in [-0.25, -0.2) is 9.97 Å². The summed E-state index contributed by atoms with van der Waals surface area (Å²) in [7, 11) is -2.40. The maximum absolute atomic E-state index is 11.2. The number of rotatable bonds is 4. The topological polar surface area (TPSA) is 69.2 Å². The minimum atomic E-state index is -3.53. The molecule has 0 aliphatic carbocycles. The fourth-order valence-corrected chi connectivity index (χ4v) is 2.10. The lowest BCUT2D eigenvalue weighted by molar-refractivity contribution is 0.397. The van der Waals surface area contributed by atoms with Gasteiger partial charge in [0.25, 0.3) is 10.1 Å². The molecule has 0 saturated heterocycles. The zero-order valence-electron chi connectivity index (χ0n) is 9.78. The summed E-state index contributed by atoms with van der Waals surface area (Å²) in [4.78, 5) is 8.27. The van der Waals surface area contributed by atoms with Gasteiger partial charge >= 0.3 is 0 Å². The molecule has 0 fully saturated rings. The summed E-state index contributed by atoms with van der Waals surface area (Å²) in [5.74, 6) is 0.340. The van der Waals surface area contributed by atoms with E-state index in [1.165, 1.54) is 12.4 Å². The van der Waals surface area contributed by atoms with Crippen molar-refractivity contribution >= 4 is 10.1 Å². The maximum Gasteiger partial charge on any atom is 0.271 e. The Kier molecular flexibility index (Phi) is 3.69. The van der Waals surface area contributed by atoms with Gasteiger partial charge in [0.15, 0.2) is 5.82 Å². The van der Waals surface area contributed by atoms with Gasteiger partial charge in [0.2, 0.25) is 0 Å². The molecule has 0 unspecified atom stereocenters. The summed E-state index contributed by atoms with van der Waals surface area (Å²) in [5, 5.41) is 0. The molecule has 0 radical (unpaired) electrons. The van der Waals surface area contributed by atoms with E-state index in [-0.39, 0.29) is 5.75 Å². The number of nitrogens with zero attached hydrogens (tertiary/aromatic N) is 2. The first-order valence-electron chi connectivity index (χ1n) is 5.25. The van der Waals surface area contributed by atoms with Gasteiger partial charge in [-0.1, -0.05) is 30.3 Å². The largest absolute Gasteiger partial charge is 0.273 e. The molecule has 94 valence electrons. The summed E-state index contributed by atoms with van der Waals surface area (Å²) in [6.07, 6.45) is 2.98. The summed E-state index contributed by atoms with van der Waals surface area (Å²) >= 11 is 0. The molecular formula is C12H12N2O3S. The zero-order chi connectivity index (χ0) is 13.0. The Bertz CT molecular complexity index is 610. The number of hydrogen-bond acceptors (Lipinski definition) is 5. The third kappa shape index (κ3) is 3.12. The van der Waals surface area contributed by atoms with E-state index in [9.17, 15) is 8.42 Å². The van der Waals surface area contributed by atoms with Crippen LogP contribution in [0.25, 0.3) is 11.4 Å². The van der Waals surface area contributed by atoms with Crippen molar-refractivity contribution in [3.05, 3.63) is 48.3 Å². The second kappa shape index (κ2) is 5.24. The lowest BCUT2D eigenvalue weighted by atomic mass is 10.2. The van der Waals surface area contributed by atoms with Gasteiger partial charge in [-0.15, -0.1) is 0 Å². The van der Waals surface area contributed by atoms with E-state index < -0.39 is 10.1 Å². The molecule has 0 atom stereocenters. The Balaban J connectivity index is 2.21. The third-order valence-corrected chi connectivity index (χ3v) is 3.53. The Morgan fingerprint density at radius 3 is 2.28 bits per heavy atom. The van der Waals surface area contributed by atoms with Crippen LogP contribution in [-0.2, 0) is 20.1 Å². The lowest BCUT2D eigenvalue weighted by Gasteiger charge is -2.03. The van der Waals surface area contributed by atoms with Crippen molar-refractivity contribution in [3.63, 3.8) is 0 Å².